The molecule has 0 spiro atoms. The van der Waals surface area contributed by atoms with Gasteiger partial charge in [-0.25, -0.2) is 0 Å². The number of hydrogen-bond acceptors (Lipinski definition) is 4. The van der Waals surface area contributed by atoms with E-state index in [1.54, 1.807) is 32.0 Å². The maximum Gasteiger partial charge on any atom is 0.361 e. The standard InChI is InChI=1S/C16H25O4P/c1-5-8-9-15(17)14-11-10-13(4)16(12-14)21(18,19-6-2)20-7-3/h10-12H,5-9H2,1-4H3. The van der Waals surface area contributed by atoms with E-state index in [4.69, 9.17) is 9.05 Å². The van der Waals surface area contributed by atoms with Gasteiger partial charge < -0.3 is 9.05 Å². The van der Waals surface area contributed by atoms with E-state index in [-0.39, 0.29) is 5.78 Å². The highest BCUT2D eigenvalue weighted by atomic mass is 31.2. The molecule has 0 aromatic heterocycles. The Morgan fingerprint density at radius 3 is 2.29 bits per heavy atom. The summed E-state index contributed by atoms with van der Waals surface area (Å²) >= 11 is 0. The zero-order chi connectivity index (χ0) is 15.9. The summed E-state index contributed by atoms with van der Waals surface area (Å²) in [4.78, 5) is 12.1. The van der Waals surface area contributed by atoms with Gasteiger partial charge in [0.05, 0.1) is 18.5 Å². The summed E-state index contributed by atoms with van der Waals surface area (Å²) < 4.78 is 23.6. The molecular formula is C16H25O4P. The normalized spacial score (nSPS) is 11.6. The average molecular weight is 312 g/mol. The van der Waals surface area contributed by atoms with E-state index in [2.05, 4.69) is 0 Å². The fourth-order valence-electron chi connectivity index (χ4n) is 2.08. The second-order valence-electron chi connectivity index (χ2n) is 4.86. The number of aryl methyl sites for hydroxylation is 1. The number of benzene rings is 1. The lowest BCUT2D eigenvalue weighted by Gasteiger charge is -2.19. The number of ketones is 1. The van der Waals surface area contributed by atoms with Crippen LogP contribution in [0.2, 0.25) is 0 Å². The Morgan fingerprint density at radius 2 is 1.76 bits per heavy atom. The monoisotopic (exact) mass is 312 g/mol. The minimum absolute atomic E-state index is 0.0673. The molecule has 0 atom stereocenters. The van der Waals surface area contributed by atoms with Gasteiger partial charge in [0.2, 0.25) is 0 Å². The van der Waals surface area contributed by atoms with Crippen molar-refractivity contribution >= 4 is 18.7 Å². The fraction of sp³-hybridized carbons (Fsp3) is 0.562. The van der Waals surface area contributed by atoms with Gasteiger partial charge in [-0.1, -0.05) is 25.5 Å². The van der Waals surface area contributed by atoms with Crippen molar-refractivity contribution in [3.8, 4) is 0 Å². The van der Waals surface area contributed by atoms with Gasteiger partial charge in [-0.15, -0.1) is 0 Å². The largest absolute Gasteiger partial charge is 0.361 e. The Morgan fingerprint density at radius 1 is 1.14 bits per heavy atom. The summed E-state index contributed by atoms with van der Waals surface area (Å²) in [5, 5.41) is 0.494. The van der Waals surface area contributed by atoms with Crippen LogP contribution in [0.1, 0.15) is 56.0 Å². The van der Waals surface area contributed by atoms with E-state index in [0.717, 1.165) is 18.4 Å². The van der Waals surface area contributed by atoms with Crippen molar-refractivity contribution in [3.63, 3.8) is 0 Å². The minimum atomic E-state index is -3.35. The molecule has 118 valence electrons. The first-order valence-corrected chi connectivity index (χ1v) is 9.06. The van der Waals surface area contributed by atoms with Crippen LogP contribution >= 0.6 is 7.60 Å². The van der Waals surface area contributed by atoms with Crippen molar-refractivity contribution < 1.29 is 18.4 Å². The molecule has 0 N–H and O–H groups in total. The molecule has 1 aromatic rings. The van der Waals surface area contributed by atoms with Crippen LogP contribution in [0, 0.1) is 6.92 Å². The molecule has 0 heterocycles. The summed E-state index contributed by atoms with van der Waals surface area (Å²) in [6.45, 7) is 8.04. The van der Waals surface area contributed by atoms with Crippen molar-refractivity contribution in [1.82, 2.24) is 0 Å². The van der Waals surface area contributed by atoms with Crippen LogP contribution in [0.25, 0.3) is 0 Å². The smallest absolute Gasteiger partial charge is 0.305 e. The Balaban J connectivity index is 3.16. The fourth-order valence-corrected chi connectivity index (χ4v) is 3.91. The SMILES string of the molecule is CCCCC(=O)c1ccc(C)c(P(=O)(OCC)OCC)c1. The number of rotatable bonds is 9. The van der Waals surface area contributed by atoms with Crippen molar-refractivity contribution in [2.75, 3.05) is 13.2 Å². The molecule has 0 saturated heterocycles. The van der Waals surface area contributed by atoms with Gasteiger partial charge in [-0.2, -0.15) is 0 Å². The molecule has 0 saturated carbocycles. The van der Waals surface area contributed by atoms with Crippen molar-refractivity contribution in [1.29, 1.82) is 0 Å². The molecule has 4 nitrogen and oxygen atoms in total. The van der Waals surface area contributed by atoms with E-state index >= 15 is 0 Å². The van der Waals surface area contributed by atoms with E-state index in [0.29, 0.717) is 30.5 Å². The molecule has 1 rings (SSSR count). The van der Waals surface area contributed by atoms with Gasteiger partial charge in [0, 0.05) is 12.0 Å². The maximum atomic E-state index is 12.9. The highest BCUT2D eigenvalue weighted by molar-refractivity contribution is 7.62. The van der Waals surface area contributed by atoms with Crippen LogP contribution in [0.3, 0.4) is 0 Å². The third kappa shape index (κ3) is 4.77. The summed E-state index contributed by atoms with van der Waals surface area (Å²) in [6, 6.07) is 5.25. The van der Waals surface area contributed by atoms with Crippen LogP contribution in [-0.4, -0.2) is 19.0 Å². The molecule has 5 heteroatoms. The Hall–Kier alpha value is -0.960. The van der Waals surface area contributed by atoms with E-state index in [1.807, 2.05) is 13.8 Å². The number of carbonyl (C=O) groups excluding carboxylic acids is 1. The summed E-state index contributed by atoms with van der Waals surface area (Å²) in [6.07, 6.45) is 2.34. The van der Waals surface area contributed by atoms with Crippen LogP contribution in [0.15, 0.2) is 18.2 Å². The Bertz CT molecular complexity index is 515. The maximum absolute atomic E-state index is 12.9. The topological polar surface area (TPSA) is 52.6 Å². The number of hydrogen-bond donors (Lipinski definition) is 0. The molecular weight excluding hydrogens is 287 g/mol. The van der Waals surface area contributed by atoms with Crippen molar-refractivity contribution in [3.05, 3.63) is 29.3 Å². The molecule has 0 aliphatic carbocycles. The number of unbranched alkanes of at least 4 members (excludes halogenated alkanes) is 1. The summed E-state index contributed by atoms with van der Waals surface area (Å²) in [7, 11) is -3.35. The molecule has 0 amide bonds. The van der Waals surface area contributed by atoms with Crippen molar-refractivity contribution in [2.45, 2.75) is 47.0 Å². The molecule has 0 aliphatic heterocycles. The predicted octanol–water partition coefficient (Wildman–Crippen LogP) is 4.26. The first kappa shape index (κ1) is 18.1. The summed E-state index contributed by atoms with van der Waals surface area (Å²) in [5.41, 5.74) is 1.39. The molecule has 0 radical (unpaired) electrons. The highest BCUT2D eigenvalue weighted by Crippen LogP contribution is 2.47. The molecule has 0 fully saturated rings. The Labute approximate surface area is 127 Å². The van der Waals surface area contributed by atoms with E-state index in [1.165, 1.54) is 0 Å². The van der Waals surface area contributed by atoms with Gasteiger partial charge in [0.15, 0.2) is 5.78 Å². The third-order valence-electron chi connectivity index (χ3n) is 3.18. The highest BCUT2D eigenvalue weighted by Gasteiger charge is 2.29. The Kier molecular flexibility index (Phi) is 7.30. The first-order chi connectivity index (χ1) is 9.98. The number of carbonyl (C=O) groups is 1. The van der Waals surface area contributed by atoms with Gasteiger partial charge >= 0.3 is 7.60 Å². The summed E-state index contributed by atoms with van der Waals surface area (Å²) in [5.74, 6) is 0.0673. The average Bonchev–Trinajstić information content (AvgIpc) is 2.45. The zero-order valence-corrected chi connectivity index (χ0v) is 14.2. The van der Waals surface area contributed by atoms with Gasteiger partial charge in [-0.05, 0) is 38.8 Å². The molecule has 0 unspecified atom stereocenters. The lowest BCUT2D eigenvalue weighted by Crippen LogP contribution is -2.16. The van der Waals surface area contributed by atoms with Crippen LogP contribution < -0.4 is 5.30 Å². The zero-order valence-electron chi connectivity index (χ0n) is 13.3. The van der Waals surface area contributed by atoms with Crippen LogP contribution in [0.5, 0.6) is 0 Å². The van der Waals surface area contributed by atoms with E-state index < -0.39 is 7.60 Å². The quantitative estimate of drug-likeness (QED) is 0.505. The molecule has 21 heavy (non-hydrogen) atoms. The van der Waals surface area contributed by atoms with Gasteiger partial charge in [0.25, 0.3) is 0 Å². The van der Waals surface area contributed by atoms with Gasteiger partial charge in [0.1, 0.15) is 0 Å². The first-order valence-electron chi connectivity index (χ1n) is 7.52. The van der Waals surface area contributed by atoms with Gasteiger partial charge in [-0.3, -0.25) is 9.36 Å². The second kappa shape index (κ2) is 8.47. The molecule has 0 aliphatic rings. The molecule has 1 aromatic carbocycles. The third-order valence-corrected chi connectivity index (χ3v) is 5.45. The minimum Gasteiger partial charge on any atom is -0.305 e. The van der Waals surface area contributed by atoms with E-state index in [9.17, 15) is 9.36 Å². The predicted molar refractivity (Wildman–Crippen MR) is 85.5 cm³/mol. The molecule has 0 bridgehead atoms. The van der Waals surface area contributed by atoms with Crippen molar-refractivity contribution in [2.24, 2.45) is 0 Å². The lowest BCUT2D eigenvalue weighted by molar-refractivity contribution is 0.0980. The van der Waals surface area contributed by atoms with Crippen LogP contribution in [0.4, 0.5) is 0 Å². The second-order valence-corrected chi connectivity index (χ2v) is 6.85. The van der Waals surface area contributed by atoms with Crippen LogP contribution in [-0.2, 0) is 13.6 Å². The number of Topliss-reactive ketones (excluding diaryl/α,β-unsaturated/α-hetero) is 1. The lowest BCUT2D eigenvalue weighted by atomic mass is 10.0.